The molecule has 1 aromatic rings. The van der Waals surface area contributed by atoms with E-state index in [4.69, 9.17) is 0 Å². The Morgan fingerprint density at radius 1 is 1.25 bits per heavy atom. The van der Waals surface area contributed by atoms with Crippen molar-refractivity contribution in [2.24, 2.45) is 11.8 Å². The van der Waals surface area contributed by atoms with Crippen LogP contribution in [0.25, 0.3) is 0 Å². The Bertz CT molecular complexity index is 493. The van der Waals surface area contributed by atoms with Gasteiger partial charge in [0.1, 0.15) is 11.6 Å². The minimum absolute atomic E-state index is 0.0666. The molecule has 0 radical (unpaired) electrons. The second-order valence-electron chi connectivity index (χ2n) is 6.61. The van der Waals surface area contributed by atoms with E-state index in [-0.39, 0.29) is 11.5 Å². The Morgan fingerprint density at radius 3 is 2.60 bits per heavy atom. The lowest BCUT2D eigenvalue weighted by Gasteiger charge is -2.35. The quantitative estimate of drug-likeness (QED) is 0.885. The van der Waals surface area contributed by atoms with Crippen LogP contribution in [0.2, 0.25) is 0 Å². The SMILES string of the molecule is CC(C)c1nc(NC2CCCCC2C(C)C)cc(=O)[nH]1. The van der Waals surface area contributed by atoms with E-state index in [0.29, 0.717) is 17.9 Å². The first-order valence-corrected chi connectivity index (χ1v) is 7.85. The van der Waals surface area contributed by atoms with E-state index in [1.54, 1.807) is 6.07 Å². The molecular weight excluding hydrogens is 250 g/mol. The topological polar surface area (TPSA) is 57.8 Å². The van der Waals surface area contributed by atoms with E-state index in [9.17, 15) is 4.79 Å². The second kappa shape index (κ2) is 6.42. The molecule has 0 aromatic carbocycles. The van der Waals surface area contributed by atoms with E-state index in [1.807, 2.05) is 13.8 Å². The molecule has 1 heterocycles. The van der Waals surface area contributed by atoms with Gasteiger partial charge >= 0.3 is 0 Å². The lowest BCUT2D eigenvalue weighted by Crippen LogP contribution is -2.36. The van der Waals surface area contributed by atoms with Crippen LogP contribution >= 0.6 is 0 Å². The summed E-state index contributed by atoms with van der Waals surface area (Å²) in [6, 6.07) is 2.02. The predicted molar refractivity (Wildman–Crippen MR) is 83.2 cm³/mol. The van der Waals surface area contributed by atoms with Crippen molar-refractivity contribution in [1.29, 1.82) is 0 Å². The Kier molecular flexibility index (Phi) is 4.84. The minimum atomic E-state index is -0.0666. The summed E-state index contributed by atoms with van der Waals surface area (Å²) in [7, 11) is 0. The molecule has 2 unspecified atom stereocenters. The van der Waals surface area contributed by atoms with Gasteiger partial charge in [-0.1, -0.05) is 40.5 Å². The van der Waals surface area contributed by atoms with Crippen molar-refractivity contribution in [3.8, 4) is 0 Å². The number of aromatic nitrogens is 2. The molecule has 1 saturated carbocycles. The zero-order valence-corrected chi connectivity index (χ0v) is 13.1. The maximum atomic E-state index is 11.7. The highest BCUT2D eigenvalue weighted by Crippen LogP contribution is 2.31. The molecule has 4 heteroatoms. The fourth-order valence-corrected chi connectivity index (χ4v) is 3.15. The summed E-state index contributed by atoms with van der Waals surface area (Å²) >= 11 is 0. The van der Waals surface area contributed by atoms with Crippen LogP contribution in [-0.2, 0) is 0 Å². The third-order valence-corrected chi connectivity index (χ3v) is 4.32. The molecule has 2 rings (SSSR count). The first kappa shape index (κ1) is 15.1. The van der Waals surface area contributed by atoms with Gasteiger partial charge in [0.05, 0.1) is 0 Å². The average molecular weight is 277 g/mol. The van der Waals surface area contributed by atoms with Crippen LogP contribution in [0.3, 0.4) is 0 Å². The summed E-state index contributed by atoms with van der Waals surface area (Å²) in [6.45, 7) is 8.66. The Labute approximate surface area is 121 Å². The highest BCUT2D eigenvalue weighted by atomic mass is 16.1. The van der Waals surface area contributed by atoms with Crippen molar-refractivity contribution in [1.82, 2.24) is 9.97 Å². The van der Waals surface area contributed by atoms with Gasteiger partial charge in [-0.25, -0.2) is 4.98 Å². The van der Waals surface area contributed by atoms with Crippen LogP contribution in [0, 0.1) is 11.8 Å². The number of aromatic amines is 1. The highest BCUT2D eigenvalue weighted by Gasteiger charge is 2.27. The highest BCUT2D eigenvalue weighted by molar-refractivity contribution is 5.35. The predicted octanol–water partition coefficient (Wildman–Crippen LogP) is 3.52. The molecule has 112 valence electrons. The van der Waals surface area contributed by atoms with Crippen molar-refractivity contribution in [3.05, 3.63) is 22.2 Å². The molecule has 2 N–H and O–H groups in total. The number of nitrogens with zero attached hydrogens (tertiary/aromatic N) is 1. The van der Waals surface area contributed by atoms with Crippen molar-refractivity contribution in [3.63, 3.8) is 0 Å². The van der Waals surface area contributed by atoms with Crippen LogP contribution in [0.5, 0.6) is 0 Å². The molecule has 2 atom stereocenters. The van der Waals surface area contributed by atoms with Gasteiger partial charge in [-0.15, -0.1) is 0 Å². The first-order chi connectivity index (χ1) is 9.47. The maximum Gasteiger partial charge on any atom is 0.252 e. The summed E-state index contributed by atoms with van der Waals surface area (Å²) in [5.41, 5.74) is -0.0666. The van der Waals surface area contributed by atoms with Crippen molar-refractivity contribution in [2.45, 2.75) is 65.3 Å². The number of nitrogens with one attached hydrogen (secondary N) is 2. The van der Waals surface area contributed by atoms with Crippen LogP contribution in [0.15, 0.2) is 10.9 Å². The van der Waals surface area contributed by atoms with E-state index in [1.165, 1.54) is 25.7 Å². The maximum absolute atomic E-state index is 11.7. The number of hydrogen-bond acceptors (Lipinski definition) is 3. The smallest absolute Gasteiger partial charge is 0.252 e. The minimum Gasteiger partial charge on any atom is -0.367 e. The van der Waals surface area contributed by atoms with Crippen LogP contribution in [0.4, 0.5) is 5.82 Å². The van der Waals surface area contributed by atoms with Gasteiger partial charge in [0, 0.05) is 18.0 Å². The molecule has 1 aliphatic rings. The van der Waals surface area contributed by atoms with Crippen LogP contribution in [0.1, 0.15) is 65.1 Å². The van der Waals surface area contributed by atoms with Crippen LogP contribution < -0.4 is 10.9 Å². The van der Waals surface area contributed by atoms with Gasteiger partial charge in [-0.05, 0) is 24.7 Å². The summed E-state index contributed by atoms with van der Waals surface area (Å²) in [5, 5.41) is 3.52. The number of H-pyrrole nitrogens is 1. The van der Waals surface area contributed by atoms with Crippen molar-refractivity contribution < 1.29 is 0 Å². The lowest BCUT2D eigenvalue weighted by atomic mass is 9.78. The monoisotopic (exact) mass is 277 g/mol. The standard InChI is InChI=1S/C16H27N3O/c1-10(2)12-7-5-6-8-13(12)17-14-9-15(20)19-16(18-14)11(3)4/h9-13H,5-8H2,1-4H3,(H2,17,18,19,20). The van der Waals surface area contributed by atoms with Crippen molar-refractivity contribution >= 4 is 5.82 Å². The molecule has 0 saturated heterocycles. The van der Waals surface area contributed by atoms with Crippen molar-refractivity contribution in [2.75, 3.05) is 5.32 Å². The average Bonchev–Trinajstić information content (AvgIpc) is 2.38. The molecular formula is C16H27N3O. The molecule has 1 aromatic heterocycles. The number of rotatable bonds is 4. The summed E-state index contributed by atoms with van der Waals surface area (Å²) in [5.74, 6) is 3.07. The fourth-order valence-electron chi connectivity index (χ4n) is 3.15. The van der Waals surface area contributed by atoms with Gasteiger partial charge in [0.15, 0.2) is 0 Å². The Hall–Kier alpha value is -1.32. The zero-order chi connectivity index (χ0) is 14.7. The van der Waals surface area contributed by atoms with Gasteiger partial charge in [0.2, 0.25) is 0 Å². The Morgan fingerprint density at radius 2 is 1.95 bits per heavy atom. The normalized spacial score (nSPS) is 23.3. The molecule has 1 aliphatic carbocycles. The first-order valence-electron chi connectivity index (χ1n) is 7.85. The largest absolute Gasteiger partial charge is 0.367 e. The molecule has 4 nitrogen and oxygen atoms in total. The zero-order valence-electron chi connectivity index (χ0n) is 13.1. The third kappa shape index (κ3) is 3.62. The molecule has 20 heavy (non-hydrogen) atoms. The Balaban J connectivity index is 2.17. The number of hydrogen-bond donors (Lipinski definition) is 2. The van der Waals surface area contributed by atoms with E-state index in [0.717, 1.165) is 11.6 Å². The summed E-state index contributed by atoms with van der Waals surface area (Å²) in [6.07, 6.45) is 5.03. The van der Waals surface area contributed by atoms with Gasteiger partial charge in [0.25, 0.3) is 5.56 Å². The van der Waals surface area contributed by atoms with E-state index >= 15 is 0 Å². The van der Waals surface area contributed by atoms with Gasteiger partial charge in [-0.2, -0.15) is 0 Å². The van der Waals surface area contributed by atoms with Gasteiger partial charge < -0.3 is 10.3 Å². The van der Waals surface area contributed by atoms with E-state index in [2.05, 4.69) is 29.1 Å². The molecule has 0 amide bonds. The second-order valence-corrected chi connectivity index (χ2v) is 6.61. The summed E-state index contributed by atoms with van der Waals surface area (Å²) < 4.78 is 0. The lowest BCUT2D eigenvalue weighted by molar-refractivity contribution is 0.253. The molecule has 0 spiro atoms. The van der Waals surface area contributed by atoms with Crippen LogP contribution in [-0.4, -0.2) is 16.0 Å². The molecule has 1 fully saturated rings. The third-order valence-electron chi connectivity index (χ3n) is 4.32. The fraction of sp³-hybridized carbons (Fsp3) is 0.750. The molecule has 0 aliphatic heterocycles. The molecule has 0 bridgehead atoms. The number of anilines is 1. The van der Waals surface area contributed by atoms with E-state index < -0.39 is 0 Å². The summed E-state index contributed by atoms with van der Waals surface area (Å²) in [4.78, 5) is 19.1. The van der Waals surface area contributed by atoms with Gasteiger partial charge in [-0.3, -0.25) is 4.79 Å².